The van der Waals surface area contributed by atoms with Gasteiger partial charge in [-0.1, -0.05) is 17.7 Å². The van der Waals surface area contributed by atoms with Crippen LogP contribution < -0.4 is 0 Å². The van der Waals surface area contributed by atoms with Gasteiger partial charge in [0.05, 0.1) is 12.4 Å². The molecule has 17 heavy (non-hydrogen) atoms. The fraction of sp³-hybridized carbons (Fsp3) is 0.500. The van der Waals surface area contributed by atoms with Crippen molar-refractivity contribution in [2.45, 2.75) is 19.0 Å². The summed E-state index contributed by atoms with van der Waals surface area (Å²) in [6, 6.07) is 3.09. The van der Waals surface area contributed by atoms with Crippen molar-refractivity contribution in [2.24, 2.45) is 0 Å². The predicted octanol–water partition coefficient (Wildman–Crippen LogP) is 0.631. The fourth-order valence-electron chi connectivity index (χ4n) is 1.89. The molecule has 0 amide bonds. The normalized spacial score (nSPS) is 24.0. The SMILES string of the molecule is O=S1(=O)CCC(CO)N1Cc1cccnc1Cl. The van der Waals surface area contributed by atoms with Gasteiger partial charge in [0.2, 0.25) is 10.0 Å². The average Bonchev–Trinajstić information content (AvgIpc) is 2.58. The third-order valence-electron chi connectivity index (χ3n) is 2.85. The highest BCUT2D eigenvalue weighted by molar-refractivity contribution is 7.89. The molecular formula is C10H13ClN2O3S. The van der Waals surface area contributed by atoms with Crippen LogP contribution >= 0.6 is 11.6 Å². The molecular weight excluding hydrogens is 264 g/mol. The lowest BCUT2D eigenvalue weighted by Gasteiger charge is -2.21. The number of rotatable bonds is 3. The molecule has 0 aliphatic carbocycles. The Balaban J connectivity index is 2.25. The summed E-state index contributed by atoms with van der Waals surface area (Å²) in [7, 11) is -3.28. The van der Waals surface area contributed by atoms with Gasteiger partial charge in [0, 0.05) is 24.3 Å². The van der Waals surface area contributed by atoms with Crippen molar-refractivity contribution in [2.75, 3.05) is 12.4 Å². The Kier molecular flexibility index (Phi) is 3.67. The van der Waals surface area contributed by atoms with Crippen LogP contribution in [0.1, 0.15) is 12.0 Å². The van der Waals surface area contributed by atoms with Crippen molar-refractivity contribution in [3.8, 4) is 0 Å². The van der Waals surface area contributed by atoms with Crippen molar-refractivity contribution >= 4 is 21.6 Å². The van der Waals surface area contributed by atoms with Gasteiger partial charge in [0.25, 0.3) is 0 Å². The molecule has 1 fully saturated rings. The zero-order valence-corrected chi connectivity index (χ0v) is 10.7. The predicted molar refractivity (Wildman–Crippen MR) is 64.1 cm³/mol. The molecule has 2 rings (SSSR count). The van der Waals surface area contributed by atoms with E-state index in [1.807, 2.05) is 0 Å². The van der Waals surface area contributed by atoms with Gasteiger partial charge in [-0.15, -0.1) is 0 Å². The zero-order valence-electron chi connectivity index (χ0n) is 9.08. The van der Waals surface area contributed by atoms with Gasteiger partial charge in [-0.2, -0.15) is 4.31 Å². The maximum absolute atomic E-state index is 11.8. The molecule has 1 aliphatic heterocycles. The van der Waals surface area contributed by atoms with E-state index >= 15 is 0 Å². The number of hydrogen-bond acceptors (Lipinski definition) is 4. The van der Waals surface area contributed by atoms with Crippen molar-refractivity contribution < 1.29 is 13.5 Å². The van der Waals surface area contributed by atoms with Gasteiger partial charge in [-0.05, 0) is 12.5 Å². The molecule has 1 aromatic rings. The molecule has 1 saturated heterocycles. The van der Waals surface area contributed by atoms with E-state index in [9.17, 15) is 8.42 Å². The monoisotopic (exact) mass is 276 g/mol. The number of nitrogens with zero attached hydrogens (tertiary/aromatic N) is 2. The number of sulfonamides is 1. The summed E-state index contributed by atoms with van der Waals surface area (Å²) in [5.41, 5.74) is 0.651. The summed E-state index contributed by atoms with van der Waals surface area (Å²) in [5, 5.41) is 9.46. The van der Waals surface area contributed by atoms with Gasteiger partial charge in [0.15, 0.2) is 0 Å². The third kappa shape index (κ3) is 2.60. The summed E-state index contributed by atoms with van der Waals surface area (Å²) < 4.78 is 24.9. The molecule has 0 radical (unpaired) electrons. The smallest absolute Gasteiger partial charge is 0.214 e. The Morgan fingerprint density at radius 3 is 3.00 bits per heavy atom. The van der Waals surface area contributed by atoms with E-state index in [-0.39, 0.29) is 24.9 Å². The molecule has 1 aromatic heterocycles. The number of hydrogen-bond donors (Lipinski definition) is 1. The fourth-order valence-corrected chi connectivity index (χ4v) is 3.83. The minimum atomic E-state index is -3.28. The largest absolute Gasteiger partial charge is 0.395 e. The number of halogens is 1. The Hall–Kier alpha value is -0.690. The standard InChI is InChI=1S/C10H13ClN2O3S/c11-10-8(2-1-4-12-10)6-13-9(7-14)3-5-17(13,15)16/h1-2,4,9,14H,3,5-7H2. The highest BCUT2D eigenvalue weighted by Gasteiger charge is 2.37. The minimum absolute atomic E-state index is 0.0795. The van der Waals surface area contributed by atoms with Crippen molar-refractivity contribution in [1.82, 2.24) is 9.29 Å². The van der Waals surface area contributed by atoms with E-state index in [4.69, 9.17) is 16.7 Å². The zero-order chi connectivity index (χ0) is 12.5. The maximum atomic E-state index is 11.8. The molecule has 2 heterocycles. The molecule has 1 unspecified atom stereocenters. The number of pyridine rings is 1. The van der Waals surface area contributed by atoms with E-state index < -0.39 is 10.0 Å². The van der Waals surface area contributed by atoms with Gasteiger partial charge >= 0.3 is 0 Å². The maximum Gasteiger partial charge on any atom is 0.214 e. The van der Waals surface area contributed by atoms with Crippen LogP contribution in [0.15, 0.2) is 18.3 Å². The summed E-state index contributed by atoms with van der Waals surface area (Å²) >= 11 is 5.89. The van der Waals surface area contributed by atoms with Crippen molar-refractivity contribution in [1.29, 1.82) is 0 Å². The molecule has 0 aromatic carbocycles. The van der Waals surface area contributed by atoms with Gasteiger partial charge in [-0.3, -0.25) is 0 Å². The Bertz CT molecular complexity index is 506. The number of aliphatic hydroxyl groups excluding tert-OH is 1. The van der Waals surface area contributed by atoms with E-state index in [0.29, 0.717) is 17.1 Å². The second-order valence-electron chi connectivity index (χ2n) is 3.94. The molecule has 0 saturated carbocycles. The summed E-state index contributed by atoms with van der Waals surface area (Å²) in [5.74, 6) is 0.0795. The van der Waals surface area contributed by atoms with E-state index in [0.717, 1.165) is 0 Å². The Labute approximate surface area is 105 Å². The lowest BCUT2D eigenvalue weighted by Crippen LogP contribution is -2.35. The van der Waals surface area contributed by atoms with E-state index in [1.54, 1.807) is 18.3 Å². The Morgan fingerprint density at radius 2 is 2.35 bits per heavy atom. The first kappa shape index (κ1) is 12.8. The average molecular weight is 277 g/mol. The third-order valence-corrected chi connectivity index (χ3v) is 5.08. The lowest BCUT2D eigenvalue weighted by molar-refractivity contribution is 0.193. The number of aliphatic hydroxyl groups is 1. The van der Waals surface area contributed by atoms with Crippen LogP contribution in [0.2, 0.25) is 5.15 Å². The van der Waals surface area contributed by atoms with Gasteiger partial charge in [0.1, 0.15) is 5.15 Å². The molecule has 1 atom stereocenters. The van der Waals surface area contributed by atoms with Crippen LogP contribution in [0.4, 0.5) is 0 Å². The molecule has 5 nitrogen and oxygen atoms in total. The van der Waals surface area contributed by atoms with Crippen LogP contribution in [-0.4, -0.2) is 41.2 Å². The quantitative estimate of drug-likeness (QED) is 0.822. The molecule has 1 N–H and O–H groups in total. The first-order valence-corrected chi connectivity index (χ1v) is 7.23. The van der Waals surface area contributed by atoms with Crippen LogP contribution in [0.3, 0.4) is 0 Å². The van der Waals surface area contributed by atoms with Gasteiger partial charge < -0.3 is 5.11 Å². The Morgan fingerprint density at radius 1 is 1.59 bits per heavy atom. The van der Waals surface area contributed by atoms with E-state index in [1.165, 1.54) is 4.31 Å². The van der Waals surface area contributed by atoms with Crippen molar-refractivity contribution in [3.63, 3.8) is 0 Å². The first-order valence-electron chi connectivity index (χ1n) is 5.24. The summed E-state index contributed by atoms with van der Waals surface area (Å²) in [6.45, 7) is -0.00263. The van der Waals surface area contributed by atoms with Gasteiger partial charge in [-0.25, -0.2) is 13.4 Å². The number of aromatic nitrogens is 1. The summed E-state index contributed by atoms with van der Waals surface area (Å²) in [4.78, 5) is 3.90. The van der Waals surface area contributed by atoms with E-state index in [2.05, 4.69) is 4.98 Å². The second-order valence-corrected chi connectivity index (χ2v) is 6.34. The second kappa shape index (κ2) is 4.89. The van der Waals surface area contributed by atoms with Crippen molar-refractivity contribution in [3.05, 3.63) is 29.0 Å². The summed E-state index contributed by atoms with van der Waals surface area (Å²) in [6.07, 6.45) is 2.00. The molecule has 7 heteroatoms. The van der Waals surface area contributed by atoms with Crippen LogP contribution in [-0.2, 0) is 16.6 Å². The van der Waals surface area contributed by atoms with Crippen LogP contribution in [0.25, 0.3) is 0 Å². The van der Waals surface area contributed by atoms with Crippen LogP contribution in [0, 0.1) is 0 Å². The van der Waals surface area contributed by atoms with Crippen LogP contribution in [0.5, 0.6) is 0 Å². The molecule has 94 valence electrons. The first-order chi connectivity index (χ1) is 8.04. The minimum Gasteiger partial charge on any atom is -0.395 e. The highest BCUT2D eigenvalue weighted by Crippen LogP contribution is 2.25. The molecule has 0 bridgehead atoms. The molecule has 1 aliphatic rings. The lowest BCUT2D eigenvalue weighted by atomic mass is 10.2. The highest BCUT2D eigenvalue weighted by atomic mass is 35.5. The molecule has 0 spiro atoms. The topological polar surface area (TPSA) is 70.5 Å².